The van der Waals surface area contributed by atoms with Crippen LogP contribution in [0.5, 0.6) is 0 Å². The number of nitrogens with zero attached hydrogens (tertiary/aromatic N) is 4. The second-order valence-corrected chi connectivity index (χ2v) is 7.03. The van der Waals surface area contributed by atoms with Gasteiger partial charge in [-0.2, -0.15) is 0 Å². The van der Waals surface area contributed by atoms with Gasteiger partial charge in [-0.1, -0.05) is 0 Å². The molecule has 0 bridgehead atoms. The van der Waals surface area contributed by atoms with Gasteiger partial charge in [0, 0.05) is 47.5 Å². The molecule has 7 heteroatoms. The van der Waals surface area contributed by atoms with Crippen LogP contribution in [0.15, 0.2) is 36.7 Å². The average molecular weight is 369 g/mol. The van der Waals surface area contributed by atoms with Gasteiger partial charge in [0.1, 0.15) is 11.3 Å². The van der Waals surface area contributed by atoms with Crippen LogP contribution in [0.4, 0.5) is 0 Å². The number of amides is 2. The van der Waals surface area contributed by atoms with E-state index in [-0.39, 0.29) is 11.8 Å². The number of carbonyl (C=O) groups is 2. The molecule has 0 unspecified atom stereocenters. The van der Waals surface area contributed by atoms with Crippen molar-refractivity contribution in [3.63, 3.8) is 0 Å². The minimum atomic E-state index is -0.357. The summed E-state index contributed by atoms with van der Waals surface area (Å²) in [4.78, 5) is 34.7. The highest BCUT2D eigenvalue weighted by atomic mass is 16.2. The fraction of sp³-hybridized carbons (Fsp3) is 0.143. The van der Waals surface area contributed by atoms with Crippen LogP contribution >= 0.6 is 0 Å². The fourth-order valence-electron chi connectivity index (χ4n) is 4.71. The summed E-state index contributed by atoms with van der Waals surface area (Å²) in [5.74, 6) is -0.712. The minimum absolute atomic E-state index is 0.355. The molecule has 5 aromatic rings. The summed E-state index contributed by atoms with van der Waals surface area (Å²) in [6.07, 6.45) is 3.49. The lowest BCUT2D eigenvalue weighted by atomic mass is 9.97. The standard InChI is InChI=1S/C21H15N5O2/c1-3-26-17-13(11-7-5-9-23-19(11)26)15-14(20(27)24-21(15)28)12-10-6-4-8-22-18(10)25(2)16(12)17/h4-9H,3H2,1-2H3,(H,24,27,28). The Balaban J connectivity index is 2.09. The second kappa shape index (κ2) is 4.95. The van der Waals surface area contributed by atoms with Crippen LogP contribution in [0.3, 0.4) is 0 Å². The minimum Gasteiger partial charge on any atom is -0.327 e. The first-order chi connectivity index (χ1) is 13.6. The summed E-state index contributed by atoms with van der Waals surface area (Å²) in [7, 11) is 1.95. The van der Waals surface area contributed by atoms with Crippen molar-refractivity contribution in [2.24, 2.45) is 7.05 Å². The lowest BCUT2D eigenvalue weighted by Gasteiger charge is -2.08. The van der Waals surface area contributed by atoms with Crippen molar-refractivity contribution in [1.29, 1.82) is 0 Å². The normalized spacial score (nSPS) is 13.9. The van der Waals surface area contributed by atoms with Crippen molar-refractivity contribution in [2.75, 3.05) is 0 Å². The highest BCUT2D eigenvalue weighted by Gasteiger charge is 2.36. The third kappa shape index (κ3) is 1.56. The molecule has 0 atom stereocenters. The molecule has 7 nitrogen and oxygen atoms in total. The quantitative estimate of drug-likeness (QED) is 0.460. The number of carbonyl (C=O) groups excluding carboxylic acids is 2. The van der Waals surface area contributed by atoms with Crippen LogP contribution in [0.25, 0.3) is 43.9 Å². The molecular formula is C21H15N5O2. The van der Waals surface area contributed by atoms with E-state index in [1.165, 1.54) is 0 Å². The molecular weight excluding hydrogens is 354 g/mol. The number of fused-ring (bicyclic) bond motifs is 10. The first kappa shape index (κ1) is 15.3. The third-order valence-corrected chi connectivity index (χ3v) is 5.74. The van der Waals surface area contributed by atoms with Crippen LogP contribution in [-0.2, 0) is 13.6 Å². The maximum absolute atomic E-state index is 12.8. The van der Waals surface area contributed by atoms with Gasteiger partial charge in [-0.05, 0) is 31.2 Å². The van der Waals surface area contributed by atoms with E-state index in [2.05, 4.69) is 26.8 Å². The highest BCUT2D eigenvalue weighted by Crippen LogP contribution is 2.43. The van der Waals surface area contributed by atoms with Crippen molar-refractivity contribution in [2.45, 2.75) is 13.5 Å². The fourth-order valence-corrected chi connectivity index (χ4v) is 4.71. The number of imide groups is 1. The number of nitrogens with one attached hydrogen (secondary N) is 1. The van der Waals surface area contributed by atoms with Gasteiger partial charge in [-0.3, -0.25) is 14.9 Å². The van der Waals surface area contributed by atoms with Gasteiger partial charge in [0.25, 0.3) is 11.8 Å². The van der Waals surface area contributed by atoms with Crippen molar-refractivity contribution >= 4 is 55.7 Å². The largest absolute Gasteiger partial charge is 0.327 e. The molecule has 1 aliphatic heterocycles. The summed E-state index contributed by atoms with van der Waals surface area (Å²) >= 11 is 0. The van der Waals surface area contributed by atoms with E-state index in [4.69, 9.17) is 0 Å². The van der Waals surface area contributed by atoms with E-state index in [9.17, 15) is 9.59 Å². The molecule has 4 aromatic heterocycles. The molecule has 28 heavy (non-hydrogen) atoms. The summed E-state index contributed by atoms with van der Waals surface area (Å²) in [6.45, 7) is 2.74. The Morgan fingerprint density at radius 2 is 1.46 bits per heavy atom. The van der Waals surface area contributed by atoms with Gasteiger partial charge in [-0.25, -0.2) is 9.97 Å². The maximum atomic E-state index is 12.8. The van der Waals surface area contributed by atoms with Gasteiger partial charge < -0.3 is 9.13 Å². The van der Waals surface area contributed by atoms with Gasteiger partial charge in [0.2, 0.25) is 0 Å². The van der Waals surface area contributed by atoms with E-state index in [0.29, 0.717) is 17.7 Å². The van der Waals surface area contributed by atoms with Crippen LogP contribution in [0.1, 0.15) is 27.6 Å². The first-order valence-corrected chi connectivity index (χ1v) is 9.15. The summed E-state index contributed by atoms with van der Waals surface area (Å²) in [5.41, 5.74) is 4.27. The second-order valence-electron chi connectivity index (χ2n) is 7.03. The highest BCUT2D eigenvalue weighted by molar-refractivity contribution is 6.39. The SMILES string of the molecule is CCn1c2ncccc2c2c3c(c4c5cccnc5n(C)c4c21)C(=O)NC3=O. The van der Waals surface area contributed by atoms with E-state index < -0.39 is 0 Å². The van der Waals surface area contributed by atoms with Gasteiger partial charge in [-0.15, -0.1) is 0 Å². The Kier molecular flexibility index (Phi) is 2.71. The number of aromatic nitrogens is 4. The van der Waals surface area contributed by atoms with Crippen molar-refractivity contribution in [1.82, 2.24) is 24.4 Å². The van der Waals surface area contributed by atoms with Crippen molar-refractivity contribution in [3.8, 4) is 0 Å². The Hall–Kier alpha value is -3.74. The number of hydrogen-bond acceptors (Lipinski definition) is 4. The van der Waals surface area contributed by atoms with E-state index in [0.717, 1.165) is 43.9 Å². The summed E-state index contributed by atoms with van der Waals surface area (Å²) in [5, 5.41) is 5.79. The molecule has 2 amide bonds. The molecule has 0 fully saturated rings. The zero-order valence-corrected chi connectivity index (χ0v) is 15.3. The Bertz CT molecular complexity index is 1520. The van der Waals surface area contributed by atoms with Gasteiger partial charge in [0.05, 0.1) is 22.2 Å². The molecule has 0 saturated carbocycles. The number of hydrogen-bond donors (Lipinski definition) is 1. The molecule has 1 aromatic carbocycles. The van der Waals surface area contributed by atoms with Crippen LogP contribution in [-0.4, -0.2) is 30.9 Å². The Morgan fingerprint density at radius 1 is 0.893 bits per heavy atom. The molecule has 136 valence electrons. The summed E-state index contributed by atoms with van der Waals surface area (Å²) < 4.78 is 4.12. The predicted molar refractivity (Wildman–Crippen MR) is 106 cm³/mol. The van der Waals surface area contributed by atoms with Crippen LogP contribution in [0.2, 0.25) is 0 Å². The van der Waals surface area contributed by atoms with Crippen molar-refractivity contribution < 1.29 is 9.59 Å². The predicted octanol–water partition coefficient (Wildman–Crippen LogP) is 3.13. The Morgan fingerprint density at radius 3 is 2.11 bits per heavy atom. The number of pyridine rings is 2. The third-order valence-electron chi connectivity index (χ3n) is 5.74. The molecule has 0 aliphatic carbocycles. The summed E-state index contributed by atoms with van der Waals surface area (Å²) in [6, 6.07) is 7.62. The van der Waals surface area contributed by atoms with Crippen molar-refractivity contribution in [3.05, 3.63) is 47.8 Å². The number of rotatable bonds is 1. The lowest BCUT2D eigenvalue weighted by Crippen LogP contribution is -2.20. The number of benzene rings is 1. The molecule has 1 aliphatic rings. The van der Waals surface area contributed by atoms with Crippen LogP contribution < -0.4 is 5.32 Å². The van der Waals surface area contributed by atoms with Gasteiger partial charge >= 0.3 is 0 Å². The molecule has 0 spiro atoms. The molecule has 6 rings (SSSR count). The lowest BCUT2D eigenvalue weighted by molar-refractivity contribution is 0.0880. The van der Waals surface area contributed by atoms with Gasteiger partial charge in [0.15, 0.2) is 0 Å². The maximum Gasteiger partial charge on any atom is 0.259 e. The number of aryl methyl sites for hydroxylation is 2. The average Bonchev–Trinajstić information content (AvgIpc) is 3.30. The van der Waals surface area contributed by atoms with E-state index in [1.807, 2.05) is 35.9 Å². The monoisotopic (exact) mass is 369 g/mol. The Labute approximate surface area is 158 Å². The first-order valence-electron chi connectivity index (χ1n) is 9.15. The molecule has 1 N–H and O–H groups in total. The topological polar surface area (TPSA) is 81.8 Å². The molecule has 5 heterocycles. The zero-order chi connectivity index (χ0) is 19.2. The van der Waals surface area contributed by atoms with Crippen LogP contribution in [0, 0.1) is 0 Å². The molecule has 0 radical (unpaired) electrons. The smallest absolute Gasteiger partial charge is 0.259 e. The van der Waals surface area contributed by atoms with E-state index in [1.54, 1.807) is 12.4 Å². The van der Waals surface area contributed by atoms with E-state index >= 15 is 0 Å². The molecule has 0 saturated heterocycles. The zero-order valence-electron chi connectivity index (χ0n) is 15.3.